The third kappa shape index (κ3) is 34.7. The van der Waals surface area contributed by atoms with Gasteiger partial charge in [-0.25, -0.2) is 0 Å². The lowest BCUT2D eigenvalue weighted by molar-refractivity contribution is 0.192. The monoisotopic (exact) mass is 693 g/mol. The molecule has 0 spiro atoms. The van der Waals surface area contributed by atoms with E-state index in [2.05, 4.69) is 61.1 Å². The Morgan fingerprint density at radius 3 is 0.449 bits per heavy atom. The highest BCUT2D eigenvalue weighted by molar-refractivity contribution is 4.68. The van der Waals surface area contributed by atoms with E-state index < -0.39 is 0 Å². The molecule has 0 saturated heterocycles. The van der Waals surface area contributed by atoms with Crippen LogP contribution in [0.1, 0.15) is 215 Å². The summed E-state index contributed by atoms with van der Waals surface area (Å²) in [7, 11) is 0. The van der Waals surface area contributed by atoms with Crippen molar-refractivity contribution in [3.05, 3.63) is 0 Å². The molecule has 0 aromatic carbocycles. The van der Waals surface area contributed by atoms with Gasteiger partial charge in [-0.2, -0.15) is 0 Å². The van der Waals surface area contributed by atoms with E-state index in [4.69, 9.17) is 0 Å². The average molecular weight is 693 g/mol. The van der Waals surface area contributed by atoms with Crippen molar-refractivity contribution in [1.29, 1.82) is 0 Å². The number of hydrogen-bond acceptors (Lipinski definition) is 4. The maximum Gasteiger partial charge on any atom is -0.000654 e. The third-order valence-electron chi connectivity index (χ3n) is 10.8. The first-order valence-corrected chi connectivity index (χ1v) is 23.0. The van der Waals surface area contributed by atoms with Crippen LogP contribution in [0.3, 0.4) is 0 Å². The fourth-order valence-electron chi connectivity index (χ4n) is 7.47. The lowest BCUT2D eigenvalue weighted by Crippen LogP contribution is -2.35. The second-order valence-electron chi connectivity index (χ2n) is 15.8. The van der Waals surface area contributed by atoms with Gasteiger partial charge in [0.1, 0.15) is 0 Å². The Morgan fingerprint density at radius 1 is 0.163 bits per heavy atom. The molecule has 0 fully saturated rings. The molecule has 0 heterocycles. The highest BCUT2D eigenvalue weighted by Gasteiger charge is 2.12. The van der Waals surface area contributed by atoms with Crippen LogP contribution in [0.25, 0.3) is 0 Å². The van der Waals surface area contributed by atoms with Gasteiger partial charge in [-0.05, 0) is 136 Å². The first-order valence-electron chi connectivity index (χ1n) is 23.0. The Labute approximate surface area is 312 Å². The van der Waals surface area contributed by atoms with Crippen LogP contribution in [0.2, 0.25) is 0 Å². The van der Waals surface area contributed by atoms with Crippen molar-refractivity contribution in [3.63, 3.8) is 0 Å². The molecule has 0 atom stereocenters. The summed E-state index contributed by atoms with van der Waals surface area (Å²) in [5.74, 6) is 0. The quantitative estimate of drug-likeness (QED) is 0.0590. The van der Waals surface area contributed by atoms with Crippen molar-refractivity contribution >= 4 is 0 Å². The molecule has 0 saturated carbocycles. The fourth-order valence-corrected chi connectivity index (χ4v) is 7.47. The van der Waals surface area contributed by atoms with Gasteiger partial charge in [-0.3, -0.25) is 0 Å². The van der Waals surface area contributed by atoms with E-state index in [9.17, 15) is 0 Å². The zero-order chi connectivity index (χ0) is 35.9. The SMILES string of the molecule is CCCCCCN(CCCCCC)CCCN(CCCCCC)CCCN(CCCCCC)CCCN(CCCCCC)CCCCCC. The molecule has 0 rings (SSSR count). The Kier molecular flexibility index (Phi) is 40.5. The predicted molar refractivity (Wildman–Crippen MR) is 224 cm³/mol. The molecular weight excluding hydrogens is 597 g/mol. The van der Waals surface area contributed by atoms with E-state index in [-0.39, 0.29) is 0 Å². The summed E-state index contributed by atoms with van der Waals surface area (Å²) in [4.78, 5) is 11.4. The van der Waals surface area contributed by atoms with E-state index in [0.29, 0.717) is 0 Å². The van der Waals surface area contributed by atoms with Crippen LogP contribution in [-0.4, -0.2) is 98.1 Å². The van der Waals surface area contributed by atoms with Crippen LogP contribution in [0.15, 0.2) is 0 Å². The zero-order valence-corrected chi connectivity index (χ0v) is 35.4. The molecule has 0 bridgehead atoms. The van der Waals surface area contributed by atoms with Crippen LogP contribution in [0.4, 0.5) is 0 Å². The topological polar surface area (TPSA) is 13.0 Å². The first-order chi connectivity index (χ1) is 24.1. The van der Waals surface area contributed by atoms with E-state index in [0.717, 1.165) is 0 Å². The van der Waals surface area contributed by atoms with E-state index in [1.165, 1.54) is 252 Å². The summed E-state index contributed by atoms with van der Waals surface area (Å²) in [5, 5.41) is 0. The van der Waals surface area contributed by atoms with Gasteiger partial charge in [0.25, 0.3) is 0 Å². The van der Waals surface area contributed by atoms with Crippen LogP contribution in [0.5, 0.6) is 0 Å². The summed E-state index contributed by atoms with van der Waals surface area (Å²) in [5.41, 5.74) is 0. The predicted octanol–water partition coefficient (Wildman–Crippen LogP) is 12.8. The lowest BCUT2D eigenvalue weighted by atomic mass is 10.1. The van der Waals surface area contributed by atoms with Gasteiger partial charge in [0.2, 0.25) is 0 Å². The number of unbranched alkanes of at least 4 members (excludes halogenated alkanes) is 18. The third-order valence-corrected chi connectivity index (χ3v) is 10.8. The van der Waals surface area contributed by atoms with E-state index in [1.54, 1.807) is 0 Å². The van der Waals surface area contributed by atoms with E-state index in [1.807, 2.05) is 0 Å². The Balaban J connectivity index is 5.05. The summed E-state index contributed by atoms with van der Waals surface area (Å²) >= 11 is 0. The summed E-state index contributed by atoms with van der Waals surface area (Å²) in [6.45, 7) is 29.8. The van der Waals surface area contributed by atoms with Crippen molar-refractivity contribution in [2.24, 2.45) is 0 Å². The molecule has 0 aliphatic carbocycles. The number of rotatable bonds is 42. The molecule has 4 heteroatoms. The van der Waals surface area contributed by atoms with E-state index >= 15 is 0 Å². The summed E-state index contributed by atoms with van der Waals surface area (Å²) in [6.07, 6.45) is 37.3. The molecule has 0 aliphatic heterocycles. The second-order valence-corrected chi connectivity index (χ2v) is 15.8. The average Bonchev–Trinajstić information content (AvgIpc) is 3.11. The summed E-state index contributed by atoms with van der Waals surface area (Å²) in [6, 6.07) is 0. The van der Waals surface area contributed by atoms with Gasteiger partial charge in [-0.15, -0.1) is 0 Å². The Hall–Kier alpha value is -0.160. The van der Waals surface area contributed by atoms with Gasteiger partial charge in [0.15, 0.2) is 0 Å². The highest BCUT2D eigenvalue weighted by Crippen LogP contribution is 2.11. The van der Waals surface area contributed by atoms with Crippen molar-refractivity contribution < 1.29 is 0 Å². The smallest absolute Gasteiger partial charge is 0.000654 e. The van der Waals surface area contributed by atoms with Crippen molar-refractivity contribution in [2.45, 2.75) is 215 Å². The molecule has 0 unspecified atom stereocenters. The molecule has 49 heavy (non-hydrogen) atoms. The molecule has 0 radical (unpaired) electrons. The first kappa shape index (κ1) is 48.8. The minimum absolute atomic E-state index is 1.30. The van der Waals surface area contributed by atoms with Crippen LogP contribution < -0.4 is 0 Å². The largest absolute Gasteiger partial charge is 0.303 e. The van der Waals surface area contributed by atoms with Gasteiger partial charge in [-0.1, -0.05) is 157 Å². The minimum Gasteiger partial charge on any atom is -0.303 e. The molecule has 0 amide bonds. The molecule has 0 aromatic heterocycles. The minimum atomic E-state index is 1.30. The van der Waals surface area contributed by atoms with Crippen LogP contribution >= 0.6 is 0 Å². The zero-order valence-electron chi connectivity index (χ0n) is 35.4. The van der Waals surface area contributed by atoms with Gasteiger partial charge < -0.3 is 19.6 Å². The van der Waals surface area contributed by atoms with Gasteiger partial charge in [0, 0.05) is 0 Å². The standard InChI is InChI=1S/C45H96N4/c1-7-13-19-25-34-46(35-26-20-14-8-2)40-31-42-48(38-29-23-17-11-5)44-33-45-49(39-30-24-18-12-6)43-32-41-47(36-27-21-15-9-3)37-28-22-16-10-4/h7-45H2,1-6H3. The molecule has 4 nitrogen and oxygen atoms in total. The van der Waals surface area contributed by atoms with Crippen molar-refractivity contribution in [2.75, 3.05) is 78.5 Å². The molecule has 296 valence electrons. The fraction of sp³-hybridized carbons (Fsp3) is 1.00. The maximum atomic E-state index is 2.87. The van der Waals surface area contributed by atoms with Crippen molar-refractivity contribution in [3.8, 4) is 0 Å². The van der Waals surface area contributed by atoms with Gasteiger partial charge >= 0.3 is 0 Å². The number of nitrogens with zero attached hydrogens (tertiary/aromatic N) is 4. The normalized spacial score (nSPS) is 12.1. The molecule has 0 N–H and O–H groups in total. The summed E-state index contributed by atoms with van der Waals surface area (Å²) < 4.78 is 0. The molecule has 0 aromatic rings. The van der Waals surface area contributed by atoms with Crippen LogP contribution in [0, 0.1) is 0 Å². The second kappa shape index (κ2) is 40.6. The van der Waals surface area contributed by atoms with Gasteiger partial charge in [0.05, 0.1) is 0 Å². The molecular formula is C45H96N4. The van der Waals surface area contributed by atoms with Crippen LogP contribution in [-0.2, 0) is 0 Å². The Bertz CT molecular complexity index is 525. The van der Waals surface area contributed by atoms with Crippen molar-refractivity contribution in [1.82, 2.24) is 19.6 Å². The molecule has 0 aliphatic rings. The highest BCUT2D eigenvalue weighted by atomic mass is 15.2. The number of hydrogen-bond donors (Lipinski definition) is 0. The lowest BCUT2D eigenvalue weighted by Gasteiger charge is -2.28. The maximum absolute atomic E-state index is 2.87. The Morgan fingerprint density at radius 2 is 0.306 bits per heavy atom.